The molecule has 132 valence electrons. The normalized spacial score (nSPS) is 11.1. The summed E-state index contributed by atoms with van der Waals surface area (Å²) in [5, 5.41) is 16.2. The first-order chi connectivity index (χ1) is 13.2. The van der Waals surface area contributed by atoms with Crippen molar-refractivity contribution in [2.45, 2.75) is 0 Å². The molecule has 3 N–H and O–H groups in total. The third-order valence-corrected chi connectivity index (χ3v) is 4.12. The van der Waals surface area contributed by atoms with E-state index in [-0.39, 0.29) is 17.3 Å². The largest absolute Gasteiger partial charge is 0.507 e. The predicted molar refractivity (Wildman–Crippen MR) is 107 cm³/mol. The molecular weight excluding hydrogens is 340 g/mol. The predicted octanol–water partition coefficient (Wildman–Crippen LogP) is 3.74. The summed E-state index contributed by atoms with van der Waals surface area (Å²) in [6.45, 7) is 0. The van der Waals surface area contributed by atoms with E-state index in [9.17, 15) is 9.90 Å². The Morgan fingerprint density at radius 3 is 2.63 bits per heavy atom. The van der Waals surface area contributed by atoms with Gasteiger partial charge in [0.25, 0.3) is 5.56 Å². The second-order valence-corrected chi connectivity index (χ2v) is 5.93. The molecule has 4 rings (SSSR count). The summed E-state index contributed by atoms with van der Waals surface area (Å²) in [6.07, 6.45) is 1.51. The van der Waals surface area contributed by atoms with E-state index >= 15 is 0 Å². The highest BCUT2D eigenvalue weighted by molar-refractivity contribution is 6.02. The number of H-pyrrole nitrogens is 1. The molecule has 1 heterocycles. The lowest BCUT2D eigenvalue weighted by Crippen LogP contribution is -2.10. The van der Waals surface area contributed by atoms with Gasteiger partial charge in [-0.05, 0) is 16.8 Å². The van der Waals surface area contributed by atoms with Crippen molar-refractivity contribution in [1.29, 1.82) is 0 Å². The molecule has 0 aliphatic heterocycles. The molecule has 27 heavy (non-hydrogen) atoms. The average Bonchev–Trinajstić information content (AvgIpc) is 2.70. The van der Waals surface area contributed by atoms with Crippen molar-refractivity contribution in [2.75, 3.05) is 5.43 Å². The lowest BCUT2D eigenvalue weighted by Gasteiger charge is -2.06. The van der Waals surface area contributed by atoms with E-state index in [1.54, 1.807) is 6.07 Å². The van der Waals surface area contributed by atoms with Gasteiger partial charge in [0.15, 0.2) is 0 Å². The number of hydrazone groups is 1. The van der Waals surface area contributed by atoms with E-state index in [0.29, 0.717) is 11.3 Å². The van der Waals surface area contributed by atoms with Crippen molar-refractivity contribution in [3.8, 4) is 17.0 Å². The van der Waals surface area contributed by atoms with Gasteiger partial charge in [0.05, 0.1) is 11.9 Å². The smallest absolute Gasteiger partial charge is 0.252 e. The molecule has 3 aromatic carbocycles. The summed E-state index contributed by atoms with van der Waals surface area (Å²) in [7, 11) is 0. The summed E-state index contributed by atoms with van der Waals surface area (Å²) >= 11 is 0. The van der Waals surface area contributed by atoms with Gasteiger partial charge in [-0.2, -0.15) is 5.10 Å². The zero-order valence-corrected chi connectivity index (χ0v) is 14.3. The number of aromatic hydroxyl groups is 1. The first-order valence-electron chi connectivity index (χ1n) is 8.37. The van der Waals surface area contributed by atoms with Gasteiger partial charge < -0.3 is 5.11 Å². The van der Waals surface area contributed by atoms with Crippen LogP contribution in [0.1, 0.15) is 5.56 Å². The van der Waals surface area contributed by atoms with Crippen LogP contribution in [0.4, 0.5) is 5.95 Å². The Hall–Kier alpha value is -3.93. The third-order valence-electron chi connectivity index (χ3n) is 4.12. The number of phenolic OH excluding ortho intramolecular Hbond substituents is 1. The molecule has 0 saturated carbocycles. The Morgan fingerprint density at radius 2 is 1.78 bits per heavy atom. The van der Waals surface area contributed by atoms with Gasteiger partial charge in [-0.25, -0.2) is 10.4 Å². The van der Waals surface area contributed by atoms with Crippen LogP contribution in [0.2, 0.25) is 0 Å². The minimum atomic E-state index is -0.283. The Balaban J connectivity index is 1.64. The summed E-state index contributed by atoms with van der Waals surface area (Å²) < 4.78 is 0. The molecule has 0 aliphatic carbocycles. The standard InChI is InChI=1S/C21H16N4O2/c26-19-11-10-14-6-4-5-9-16(14)17(19)13-22-25-21-23-18(12-20(27)24-21)15-7-2-1-3-8-15/h1-13,26H,(H2,23,24,25,27)/b22-13-. The molecule has 0 spiro atoms. The molecular formula is C21H16N4O2. The van der Waals surface area contributed by atoms with E-state index in [1.807, 2.05) is 60.7 Å². The van der Waals surface area contributed by atoms with Gasteiger partial charge >= 0.3 is 0 Å². The number of nitrogens with zero attached hydrogens (tertiary/aromatic N) is 2. The Bertz CT molecular complexity index is 1180. The number of benzene rings is 3. The van der Waals surface area contributed by atoms with Crippen LogP contribution in [-0.2, 0) is 0 Å². The Morgan fingerprint density at radius 1 is 1.00 bits per heavy atom. The lowest BCUT2D eigenvalue weighted by molar-refractivity contribution is 0.475. The van der Waals surface area contributed by atoms with Crippen molar-refractivity contribution in [3.63, 3.8) is 0 Å². The number of aromatic nitrogens is 2. The Labute approximate surface area is 154 Å². The summed E-state index contributed by atoms with van der Waals surface area (Å²) in [4.78, 5) is 18.9. The van der Waals surface area contributed by atoms with Crippen molar-refractivity contribution < 1.29 is 5.11 Å². The van der Waals surface area contributed by atoms with Crippen molar-refractivity contribution in [1.82, 2.24) is 9.97 Å². The van der Waals surface area contributed by atoms with Gasteiger partial charge in [-0.15, -0.1) is 0 Å². The van der Waals surface area contributed by atoms with Crippen LogP contribution in [0, 0.1) is 0 Å². The number of fused-ring (bicyclic) bond motifs is 1. The highest BCUT2D eigenvalue weighted by Gasteiger charge is 2.05. The molecule has 0 saturated heterocycles. The van der Waals surface area contributed by atoms with Gasteiger partial charge in [-0.3, -0.25) is 9.78 Å². The minimum absolute atomic E-state index is 0.124. The number of phenols is 1. The molecule has 4 aromatic rings. The fourth-order valence-corrected chi connectivity index (χ4v) is 2.85. The molecule has 0 unspecified atom stereocenters. The average molecular weight is 356 g/mol. The van der Waals surface area contributed by atoms with Crippen LogP contribution < -0.4 is 11.0 Å². The third kappa shape index (κ3) is 3.55. The first kappa shape index (κ1) is 16.5. The van der Waals surface area contributed by atoms with Gasteiger partial charge in [0, 0.05) is 17.2 Å². The van der Waals surface area contributed by atoms with E-state index in [2.05, 4.69) is 20.5 Å². The zero-order chi connectivity index (χ0) is 18.6. The van der Waals surface area contributed by atoms with Crippen molar-refractivity contribution in [3.05, 3.63) is 88.7 Å². The topological polar surface area (TPSA) is 90.4 Å². The first-order valence-corrected chi connectivity index (χ1v) is 8.37. The van der Waals surface area contributed by atoms with E-state index < -0.39 is 0 Å². The number of hydrogen-bond acceptors (Lipinski definition) is 5. The molecule has 6 nitrogen and oxygen atoms in total. The second-order valence-electron chi connectivity index (χ2n) is 5.93. The van der Waals surface area contributed by atoms with Crippen LogP contribution in [0.15, 0.2) is 82.7 Å². The highest BCUT2D eigenvalue weighted by Crippen LogP contribution is 2.25. The summed E-state index contributed by atoms with van der Waals surface area (Å²) in [6, 6.07) is 22.0. The SMILES string of the molecule is O=c1cc(-c2ccccc2)nc(N/N=C\c2c(O)ccc3ccccc23)[nH]1. The van der Waals surface area contributed by atoms with Crippen LogP contribution in [0.25, 0.3) is 22.0 Å². The monoisotopic (exact) mass is 356 g/mol. The number of rotatable bonds is 4. The molecule has 0 bridgehead atoms. The summed E-state index contributed by atoms with van der Waals surface area (Å²) in [5.74, 6) is 0.344. The molecule has 6 heteroatoms. The lowest BCUT2D eigenvalue weighted by atomic mass is 10.0. The van der Waals surface area contributed by atoms with Crippen LogP contribution in [-0.4, -0.2) is 21.3 Å². The number of nitrogens with one attached hydrogen (secondary N) is 2. The van der Waals surface area contributed by atoms with Gasteiger partial charge in [0.1, 0.15) is 5.75 Å². The Kier molecular flexibility index (Phi) is 4.37. The maximum atomic E-state index is 11.9. The second kappa shape index (κ2) is 7.13. The number of hydrogen-bond donors (Lipinski definition) is 3. The number of anilines is 1. The van der Waals surface area contributed by atoms with E-state index in [1.165, 1.54) is 12.3 Å². The fraction of sp³-hybridized carbons (Fsp3) is 0. The highest BCUT2D eigenvalue weighted by atomic mass is 16.3. The van der Waals surface area contributed by atoms with E-state index in [4.69, 9.17) is 0 Å². The molecule has 1 aromatic heterocycles. The maximum absolute atomic E-state index is 11.9. The van der Waals surface area contributed by atoms with Gasteiger partial charge in [0.2, 0.25) is 5.95 Å². The minimum Gasteiger partial charge on any atom is -0.507 e. The van der Waals surface area contributed by atoms with Gasteiger partial charge in [-0.1, -0.05) is 60.7 Å². The molecule has 0 amide bonds. The van der Waals surface area contributed by atoms with Crippen LogP contribution in [0.5, 0.6) is 5.75 Å². The fourth-order valence-electron chi connectivity index (χ4n) is 2.85. The molecule has 0 atom stereocenters. The van der Waals surface area contributed by atoms with E-state index in [0.717, 1.165) is 16.3 Å². The molecule has 0 fully saturated rings. The molecule has 0 radical (unpaired) electrons. The maximum Gasteiger partial charge on any atom is 0.252 e. The zero-order valence-electron chi connectivity index (χ0n) is 14.3. The quantitative estimate of drug-likeness (QED) is 0.384. The summed E-state index contributed by atoms with van der Waals surface area (Å²) in [5.41, 5.74) is 4.41. The van der Waals surface area contributed by atoms with Crippen LogP contribution in [0.3, 0.4) is 0 Å². The van der Waals surface area contributed by atoms with Crippen molar-refractivity contribution >= 4 is 22.9 Å². The molecule has 0 aliphatic rings. The number of aromatic amines is 1. The van der Waals surface area contributed by atoms with Crippen LogP contribution >= 0.6 is 0 Å². The van der Waals surface area contributed by atoms with Crippen molar-refractivity contribution in [2.24, 2.45) is 5.10 Å².